The Balaban J connectivity index is 1.91. The summed E-state index contributed by atoms with van der Waals surface area (Å²) in [6.07, 6.45) is 0.882. The zero-order chi connectivity index (χ0) is 19.0. The maximum Gasteiger partial charge on any atom is 0.144 e. The van der Waals surface area contributed by atoms with E-state index in [1.165, 1.54) is 0 Å². The molecule has 3 aromatic rings. The predicted molar refractivity (Wildman–Crippen MR) is 106 cm³/mol. The highest BCUT2D eigenvalue weighted by molar-refractivity contribution is 6.30. The summed E-state index contributed by atoms with van der Waals surface area (Å²) in [6, 6.07) is 11.3. The number of ether oxygens (including phenoxy) is 3. The third kappa shape index (κ3) is 3.06. The minimum atomic E-state index is 0.623. The number of hydrogen-bond donors (Lipinski definition) is 1. The average Bonchev–Trinajstić information content (AvgIpc) is 3.30. The molecule has 1 N–H and O–H groups in total. The first kappa shape index (κ1) is 17.5. The molecule has 2 aromatic carbocycles. The van der Waals surface area contributed by atoms with E-state index in [2.05, 4.69) is 5.32 Å². The fraction of sp³-hybridized carbons (Fsp3) is 0.250. The number of hydrogen-bond acceptors (Lipinski definition) is 5. The highest BCUT2D eigenvalue weighted by Gasteiger charge is 2.26. The first-order valence-corrected chi connectivity index (χ1v) is 8.95. The molecule has 0 saturated heterocycles. The van der Waals surface area contributed by atoms with Crippen molar-refractivity contribution in [3.05, 3.63) is 47.0 Å². The van der Waals surface area contributed by atoms with Crippen molar-refractivity contribution < 1.29 is 14.2 Å². The van der Waals surface area contributed by atoms with Crippen LogP contribution in [0.3, 0.4) is 0 Å². The van der Waals surface area contributed by atoms with E-state index in [0.717, 1.165) is 52.8 Å². The Kier molecular flexibility index (Phi) is 4.58. The second-order valence-corrected chi connectivity index (χ2v) is 6.62. The summed E-state index contributed by atoms with van der Waals surface area (Å²) in [5.41, 5.74) is 3.75. The van der Waals surface area contributed by atoms with Crippen LogP contribution >= 0.6 is 11.6 Å². The van der Waals surface area contributed by atoms with Crippen LogP contribution in [0.15, 0.2) is 36.4 Å². The number of rotatable bonds is 5. The fourth-order valence-electron chi connectivity index (χ4n) is 3.35. The van der Waals surface area contributed by atoms with Gasteiger partial charge in [-0.15, -0.1) is 0 Å². The normalized spacial score (nSPS) is 12.4. The third-order valence-corrected chi connectivity index (χ3v) is 4.88. The second-order valence-electron chi connectivity index (χ2n) is 6.18. The topological polar surface area (TPSA) is 57.5 Å². The Morgan fingerprint density at radius 2 is 1.74 bits per heavy atom. The number of nitrogens with zero attached hydrogens (tertiary/aromatic N) is 2. The lowest BCUT2D eigenvalue weighted by Gasteiger charge is -2.11. The van der Waals surface area contributed by atoms with Crippen LogP contribution < -0.4 is 19.5 Å². The van der Waals surface area contributed by atoms with Crippen molar-refractivity contribution in [2.75, 3.05) is 33.2 Å². The van der Waals surface area contributed by atoms with Gasteiger partial charge in [0.15, 0.2) is 0 Å². The Morgan fingerprint density at radius 1 is 1.00 bits per heavy atom. The van der Waals surface area contributed by atoms with E-state index in [4.69, 9.17) is 30.9 Å². The van der Waals surface area contributed by atoms with Gasteiger partial charge in [0.25, 0.3) is 0 Å². The SMILES string of the molecule is COc1cc(OC)cc(-c2nn(-c3cc(Cl)ccc3OC)c3c2CCN3)c1. The Bertz CT molecular complexity index is 978. The molecule has 7 heteroatoms. The van der Waals surface area contributed by atoms with Crippen molar-refractivity contribution in [1.29, 1.82) is 0 Å². The van der Waals surface area contributed by atoms with Gasteiger partial charge < -0.3 is 19.5 Å². The summed E-state index contributed by atoms with van der Waals surface area (Å²) in [6.45, 7) is 0.851. The molecule has 1 aliphatic heterocycles. The van der Waals surface area contributed by atoms with E-state index < -0.39 is 0 Å². The smallest absolute Gasteiger partial charge is 0.144 e. The van der Waals surface area contributed by atoms with Crippen LogP contribution in [-0.2, 0) is 6.42 Å². The summed E-state index contributed by atoms with van der Waals surface area (Å²) < 4.78 is 18.2. The molecule has 0 amide bonds. The number of aromatic nitrogens is 2. The third-order valence-electron chi connectivity index (χ3n) is 4.64. The summed E-state index contributed by atoms with van der Waals surface area (Å²) >= 11 is 6.23. The molecule has 2 heterocycles. The average molecular weight is 386 g/mol. The molecule has 1 aliphatic rings. The molecule has 0 spiro atoms. The lowest BCUT2D eigenvalue weighted by atomic mass is 10.1. The molecule has 0 atom stereocenters. The van der Waals surface area contributed by atoms with Crippen molar-refractivity contribution in [1.82, 2.24) is 9.78 Å². The molecule has 27 heavy (non-hydrogen) atoms. The first-order valence-electron chi connectivity index (χ1n) is 8.57. The fourth-order valence-corrected chi connectivity index (χ4v) is 3.52. The highest BCUT2D eigenvalue weighted by atomic mass is 35.5. The summed E-state index contributed by atoms with van der Waals surface area (Å²) in [7, 11) is 4.91. The van der Waals surface area contributed by atoms with Crippen LogP contribution in [0.25, 0.3) is 16.9 Å². The molecule has 0 bridgehead atoms. The summed E-state index contributed by atoms with van der Waals surface area (Å²) in [5.74, 6) is 3.10. The van der Waals surface area contributed by atoms with E-state index in [1.54, 1.807) is 27.4 Å². The minimum Gasteiger partial charge on any atom is -0.497 e. The van der Waals surface area contributed by atoms with Gasteiger partial charge in [0.05, 0.1) is 27.0 Å². The van der Waals surface area contributed by atoms with Crippen LogP contribution in [0, 0.1) is 0 Å². The van der Waals surface area contributed by atoms with E-state index in [9.17, 15) is 0 Å². The van der Waals surface area contributed by atoms with Gasteiger partial charge >= 0.3 is 0 Å². The molecule has 0 radical (unpaired) electrons. The molecule has 1 aromatic heterocycles. The lowest BCUT2D eigenvalue weighted by molar-refractivity contribution is 0.394. The van der Waals surface area contributed by atoms with Gasteiger partial charge in [-0.1, -0.05) is 11.6 Å². The Hall–Kier alpha value is -2.86. The van der Waals surface area contributed by atoms with E-state index in [1.807, 2.05) is 35.0 Å². The van der Waals surface area contributed by atoms with Gasteiger partial charge in [-0.3, -0.25) is 0 Å². The molecule has 0 aliphatic carbocycles. The first-order chi connectivity index (χ1) is 13.1. The maximum atomic E-state index is 6.23. The summed E-state index contributed by atoms with van der Waals surface area (Å²) in [4.78, 5) is 0. The van der Waals surface area contributed by atoms with Gasteiger partial charge in [-0.25, -0.2) is 4.68 Å². The van der Waals surface area contributed by atoms with Crippen molar-refractivity contribution in [2.45, 2.75) is 6.42 Å². The van der Waals surface area contributed by atoms with Crippen LogP contribution in [-0.4, -0.2) is 37.7 Å². The highest BCUT2D eigenvalue weighted by Crippen LogP contribution is 2.39. The number of nitrogens with one attached hydrogen (secondary N) is 1. The second kappa shape index (κ2) is 7.04. The lowest BCUT2D eigenvalue weighted by Crippen LogP contribution is -2.06. The number of methoxy groups -OCH3 is 3. The molecule has 0 saturated carbocycles. The van der Waals surface area contributed by atoms with Crippen LogP contribution in [0.4, 0.5) is 5.82 Å². The molecule has 4 rings (SSSR count). The number of anilines is 1. The molecule has 140 valence electrons. The van der Waals surface area contributed by atoms with Crippen molar-refractivity contribution in [2.24, 2.45) is 0 Å². The van der Waals surface area contributed by atoms with Gasteiger partial charge in [0.2, 0.25) is 0 Å². The molecular weight excluding hydrogens is 366 g/mol. The van der Waals surface area contributed by atoms with E-state index in [-0.39, 0.29) is 0 Å². The molecule has 6 nitrogen and oxygen atoms in total. The zero-order valence-electron chi connectivity index (χ0n) is 15.4. The van der Waals surface area contributed by atoms with Crippen molar-refractivity contribution in [3.8, 4) is 34.2 Å². The number of halogens is 1. The number of fused-ring (bicyclic) bond motifs is 1. The summed E-state index contributed by atoms with van der Waals surface area (Å²) in [5, 5.41) is 8.92. The molecule has 0 unspecified atom stereocenters. The largest absolute Gasteiger partial charge is 0.497 e. The predicted octanol–water partition coefficient (Wildman–Crippen LogP) is 4.19. The van der Waals surface area contributed by atoms with Gasteiger partial charge in [-0.2, -0.15) is 5.10 Å². The quantitative estimate of drug-likeness (QED) is 0.713. The zero-order valence-corrected chi connectivity index (χ0v) is 16.1. The molecule has 0 fully saturated rings. The Labute approximate surface area is 162 Å². The van der Waals surface area contributed by atoms with Crippen molar-refractivity contribution >= 4 is 17.4 Å². The Morgan fingerprint density at radius 3 is 2.41 bits per heavy atom. The van der Waals surface area contributed by atoms with E-state index in [0.29, 0.717) is 10.8 Å². The van der Waals surface area contributed by atoms with Gasteiger partial charge in [-0.05, 0) is 36.8 Å². The van der Waals surface area contributed by atoms with Crippen molar-refractivity contribution in [3.63, 3.8) is 0 Å². The number of benzene rings is 2. The van der Waals surface area contributed by atoms with Crippen LogP contribution in [0.5, 0.6) is 17.2 Å². The molecular formula is C20H20ClN3O3. The standard InChI is InChI=1S/C20H20ClN3O3/c1-25-14-8-12(9-15(11-14)26-2)19-16-6-7-22-20(16)24(23-19)17-10-13(21)4-5-18(17)27-3/h4-5,8-11,22H,6-7H2,1-3H3. The minimum absolute atomic E-state index is 0.623. The van der Waals surface area contributed by atoms with Crippen LogP contribution in [0.1, 0.15) is 5.56 Å². The maximum absolute atomic E-state index is 6.23. The van der Waals surface area contributed by atoms with Gasteiger partial charge in [0.1, 0.15) is 28.8 Å². The van der Waals surface area contributed by atoms with Crippen LogP contribution in [0.2, 0.25) is 5.02 Å². The monoisotopic (exact) mass is 385 g/mol. The van der Waals surface area contributed by atoms with Gasteiger partial charge in [0, 0.05) is 28.8 Å². The van der Waals surface area contributed by atoms with E-state index >= 15 is 0 Å².